The van der Waals surface area contributed by atoms with Crippen molar-refractivity contribution in [1.82, 2.24) is 20.1 Å². The molecule has 1 amide bonds. The molecule has 1 aromatic carbocycles. The molecule has 0 aliphatic heterocycles. The molecule has 2 aromatic rings. The normalized spacial score (nSPS) is 14.2. The Bertz CT molecular complexity index is 670. The van der Waals surface area contributed by atoms with Crippen LogP contribution < -0.4 is 5.32 Å². The maximum Gasteiger partial charge on any atom is 0.416 e. The van der Waals surface area contributed by atoms with E-state index in [0.29, 0.717) is 6.54 Å². The van der Waals surface area contributed by atoms with E-state index in [2.05, 4.69) is 15.4 Å². The lowest BCUT2D eigenvalue weighted by atomic mass is 9.92. The summed E-state index contributed by atoms with van der Waals surface area (Å²) >= 11 is 0. The van der Waals surface area contributed by atoms with Gasteiger partial charge in [0.25, 0.3) is 0 Å². The number of hydrogen-bond donors (Lipinski definition) is 1. The molecule has 0 spiro atoms. The molecule has 2 atom stereocenters. The lowest BCUT2D eigenvalue weighted by molar-refractivity contribution is -0.138. The number of aromatic nitrogens is 3. The van der Waals surface area contributed by atoms with Crippen molar-refractivity contribution in [3.8, 4) is 0 Å². The van der Waals surface area contributed by atoms with Crippen LogP contribution in [0.2, 0.25) is 0 Å². The van der Waals surface area contributed by atoms with Crippen molar-refractivity contribution >= 4 is 5.91 Å². The van der Waals surface area contributed by atoms with Gasteiger partial charge in [0.05, 0.1) is 12.1 Å². The number of halogens is 3. The van der Waals surface area contributed by atoms with Crippen LogP contribution in [-0.4, -0.2) is 26.7 Å². The van der Waals surface area contributed by atoms with Gasteiger partial charge < -0.3 is 5.32 Å². The van der Waals surface area contributed by atoms with Crippen LogP contribution in [-0.2, 0) is 17.5 Å². The maximum absolute atomic E-state index is 13.1. The third kappa shape index (κ3) is 4.81. The second kappa shape index (κ2) is 7.46. The fourth-order valence-corrected chi connectivity index (χ4v) is 2.56. The number of benzene rings is 1. The molecule has 8 heteroatoms. The molecule has 1 heterocycles. The summed E-state index contributed by atoms with van der Waals surface area (Å²) in [7, 11) is 0. The molecule has 2 rings (SSSR count). The van der Waals surface area contributed by atoms with E-state index < -0.39 is 17.7 Å². The van der Waals surface area contributed by atoms with Gasteiger partial charge in [-0.3, -0.25) is 9.48 Å². The van der Waals surface area contributed by atoms with E-state index >= 15 is 0 Å². The van der Waals surface area contributed by atoms with Gasteiger partial charge in [0.15, 0.2) is 0 Å². The van der Waals surface area contributed by atoms with Crippen LogP contribution in [0.4, 0.5) is 13.2 Å². The number of nitrogens with zero attached hydrogens (tertiary/aromatic N) is 3. The molecule has 1 aromatic heterocycles. The minimum Gasteiger partial charge on any atom is -0.352 e. The predicted octanol–water partition coefficient (Wildman–Crippen LogP) is 3.00. The van der Waals surface area contributed by atoms with Gasteiger partial charge in [-0.15, -0.1) is 0 Å². The molecule has 0 unspecified atom stereocenters. The standard InChI is InChI=1S/C16H19F3N4O/c1-11(13-5-3-4-6-14(13)16(17,18)19)7-15(24)22-12(2)8-23-10-20-9-21-23/h3-6,9-12H,7-8H2,1-2H3,(H,22,24)/t11-,12+/m1/s1. The molecule has 0 radical (unpaired) electrons. The number of alkyl halides is 3. The third-order valence-corrected chi connectivity index (χ3v) is 3.62. The molecule has 0 saturated heterocycles. The Balaban J connectivity index is 1.97. The molecular formula is C16H19F3N4O. The Morgan fingerprint density at radius 3 is 2.62 bits per heavy atom. The molecule has 130 valence electrons. The van der Waals surface area contributed by atoms with Crippen molar-refractivity contribution in [2.75, 3.05) is 0 Å². The van der Waals surface area contributed by atoms with E-state index in [1.165, 1.54) is 24.8 Å². The second-order valence-corrected chi connectivity index (χ2v) is 5.78. The first-order chi connectivity index (χ1) is 11.3. The Hall–Kier alpha value is -2.38. The van der Waals surface area contributed by atoms with E-state index in [1.807, 2.05) is 0 Å². The minimum absolute atomic E-state index is 0.0191. The van der Waals surface area contributed by atoms with Crippen molar-refractivity contribution in [1.29, 1.82) is 0 Å². The van der Waals surface area contributed by atoms with Gasteiger partial charge in [-0.2, -0.15) is 18.3 Å². The molecule has 0 fully saturated rings. The SMILES string of the molecule is C[C@H](CC(=O)N[C@@H](C)Cn1cncn1)c1ccccc1C(F)(F)F. The fourth-order valence-electron chi connectivity index (χ4n) is 2.56. The van der Waals surface area contributed by atoms with Crippen LogP contribution in [0.3, 0.4) is 0 Å². The number of nitrogens with one attached hydrogen (secondary N) is 1. The van der Waals surface area contributed by atoms with E-state index in [4.69, 9.17) is 0 Å². The smallest absolute Gasteiger partial charge is 0.352 e. The zero-order valence-electron chi connectivity index (χ0n) is 13.4. The summed E-state index contributed by atoms with van der Waals surface area (Å²) in [6.07, 6.45) is -1.52. The van der Waals surface area contributed by atoms with Gasteiger partial charge in [-0.05, 0) is 24.5 Å². The van der Waals surface area contributed by atoms with Gasteiger partial charge in [0.1, 0.15) is 12.7 Å². The minimum atomic E-state index is -4.43. The number of carbonyl (C=O) groups is 1. The summed E-state index contributed by atoms with van der Waals surface area (Å²) in [5.74, 6) is -0.839. The first-order valence-corrected chi connectivity index (χ1v) is 7.55. The van der Waals surface area contributed by atoms with Gasteiger partial charge in [0.2, 0.25) is 5.91 Å². The van der Waals surface area contributed by atoms with Crippen molar-refractivity contribution in [2.45, 2.75) is 44.9 Å². The highest BCUT2D eigenvalue weighted by Gasteiger charge is 2.34. The topological polar surface area (TPSA) is 59.8 Å². The highest BCUT2D eigenvalue weighted by Crippen LogP contribution is 2.35. The van der Waals surface area contributed by atoms with Gasteiger partial charge in [-0.25, -0.2) is 4.98 Å². The fraction of sp³-hybridized carbons (Fsp3) is 0.438. The van der Waals surface area contributed by atoms with Crippen LogP contribution in [0.1, 0.15) is 37.3 Å². The molecule has 0 aliphatic rings. The maximum atomic E-state index is 13.1. The van der Waals surface area contributed by atoms with Crippen molar-refractivity contribution in [3.63, 3.8) is 0 Å². The number of rotatable bonds is 6. The summed E-state index contributed by atoms with van der Waals surface area (Å²) in [5, 5.41) is 6.71. The Morgan fingerprint density at radius 1 is 1.29 bits per heavy atom. The molecule has 0 saturated carbocycles. The Morgan fingerprint density at radius 2 is 2.00 bits per heavy atom. The summed E-state index contributed by atoms with van der Waals surface area (Å²) in [4.78, 5) is 15.9. The van der Waals surface area contributed by atoms with Crippen LogP contribution in [0.5, 0.6) is 0 Å². The monoisotopic (exact) mass is 340 g/mol. The summed E-state index contributed by atoms with van der Waals surface area (Å²) in [6.45, 7) is 3.86. The van der Waals surface area contributed by atoms with E-state index in [0.717, 1.165) is 6.07 Å². The molecule has 5 nitrogen and oxygen atoms in total. The zero-order valence-corrected chi connectivity index (χ0v) is 13.4. The number of hydrogen-bond acceptors (Lipinski definition) is 3. The zero-order chi connectivity index (χ0) is 17.7. The van der Waals surface area contributed by atoms with Gasteiger partial charge >= 0.3 is 6.18 Å². The van der Waals surface area contributed by atoms with E-state index in [-0.39, 0.29) is 23.9 Å². The number of amides is 1. The molecule has 24 heavy (non-hydrogen) atoms. The molecular weight excluding hydrogens is 321 g/mol. The summed E-state index contributed by atoms with van der Waals surface area (Å²) in [5.41, 5.74) is -0.565. The van der Waals surface area contributed by atoms with Crippen molar-refractivity contribution in [3.05, 3.63) is 48.0 Å². The van der Waals surface area contributed by atoms with Crippen LogP contribution in [0, 0.1) is 0 Å². The van der Waals surface area contributed by atoms with Crippen molar-refractivity contribution in [2.24, 2.45) is 0 Å². The van der Waals surface area contributed by atoms with Gasteiger partial charge in [-0.1, -0.05) is 25.1 Å². The van der Waals surface area contributed by atoms with Crippen molar-refractivity contribution < 1.29 is 18.0 Å². The average molecular weight is 340 g/mol. The quantitative estimate of drug-likeness (QED) is 0.879. The molecule has 0 aliphatic carbocycles. The highest BCUT2D eigenvalue weighted by molar-refractivity contribution is 5.77. The first-order valence-electron chi connectivity index (χ1n) is 7.55. The first kappa shape index (κ1) is 18.0. The average Bonchev–Trinajstić information content (AvgIpc) is 2.98. The van der Waals surface area contributed by atoms with Crippen LogP contribution in [0.25, 0.3) is 0 Å². The van der Waals surface area contributed by atoms with Crippen LogP contribution >= 0.6 is 0 Å². The highest BCUT2D eigenvalue weighted by atomic mass is 19.4. The summed E-state index contributed by atoms with van der Waals surface area (Å²) < 4.78 is 40.7. The Labute approximate surface area is 137 Å². The third-order valence-electron chi connectivity index (χ3n) is 3.62. The lowest BCUT2D eigenvalue weighted by Crippen LogP contribution is -2.36. The Kier molecular flexibility index (Phi) is 5.58. The predicted molar refractivity (Wildman–Crippen MR) is 82.1 cm³/mol. The van der Waals surface area contributed by atoms with Crippen LogP contribution in [0.15, 0.2) is 36.9 Å². The summed E-state index contributed by atoms with van der Waals surface area (Å²) in [6, 6.07) is 5.15. The second-order valence-electron chi connectivity index (χ2n) is 5.78. The molecule has 0 bridgehead atoms. The lowest BCUT2D eigenvalue weighted by Gasteiger charge is -2.19. The molecule has 1 N–H and O–H groups in total. The van der Waals surface area contributed by atoms with E-state index in [9.17, 15) is 18.0 Å². The largest absolute Gasteiger partial charge is 0.416 e. The van der Waals surface area contributed by atoms with E-state index in [1.54, 1.807) is 24.6 Å². The van der Waals surface area contributed by atoms with Gasteiger partial charge in [0, 0.05) is 12.5 Å². The number of carbonyl (C=O) groups excluding carboxylic acids is 1.